The fraction of sp³-hybridized carbons (Fsp3) is 0. The van der Waals surface area contributed by atoms with Crippen LogP contribution in [0.1, 0.15) is 0 Å². The summed E-state index contributed by atoms with van der Waals surface area (Å²) in [6.07, 6.45) is 5.55. The van der Waals surface area contributed by atoms with E-state index in [1.807, 2.05) is 30.7 Å². The van der Waals surface area contributed by atoms with Gasteiger partial charge in [-0.25, -0.2) is 0 Å². The number of rotatable bonds is 0. The van der Waals surface area contributed by atoms with Crippen LogP contribution in [0.25, 0.3) is 11.3 Å². The zero-order valence-electron chi connectivity index (χ0n) is 5.65. The van der Waals surface area contributed by atoms with Gasteiger partial charge >= 0.3 is 0 Å². The molecule has 2 nitrogen and oxygen atoms in total. The summed E-state index contributed by atoms with van der Waals surface area (Å²) in [7, 11) is 0. The zero-order valence-corrected chi connectivity index (χ0v) is 7.28. The molecule has 0 aromatic carbocycles. The third kappa shape index (κ3) is 1.85. The molecule has 2 aliphatic rings. The molecule has 0 aromatic heterocycles. The van der Waals surface area contributed by atoms with Crippen molar-refractivity contribution in [1.82, 2.24) is 9.97 Å². The van der Waals surface area contributed by atoms with Crippen LogP contribution < -0.4 is 0 Å². The molecule has 0 unspecified atom stereocenters. The van der Waals surface area contributed by atoms with Crippen LogP contribution in [0.4, 0.5) is 0 Å². The minimum absolute atomic E-state index is 0. The first-order chi connectivity index (χ1) is 4.47. The van der Waals surface area contributed by atoms with Crippen molar-refractivity contribution in [2.75, 3.05) is 0 Å². The number of nitrogens with zero attached hydrogens (tertiary/aromatic N) is 1. The molecule has 2 aliphatic heterocycles. The van der Waals surface area contributed by atoms with Gasteiger partial charge in [0.25, 0.3) is 0 Å². The van der Waals surface area contributed by atoms with E-state index in [4.69, 9.17) is 0 Å². The van der Waals surface area contributed by atoms with E-state index in [-0.39, 0.29) is 24.8 Å². The van der Waals surface area contributed by atoms with E-state index in [2.05, 4.69) is 9.97 Å². The first-order valence-electron chi connectivity index (χ1n) is 2.84. The van der Waals surface area contributed by atoms with Crippen molar-refractivity contribution in [1.29, 1.82) is 0 Å². The smallest absolute Gasteiger partial charge is 0.0654 e. The van der Waals surface area contributed by atoms with Crippen molar-refractivity contribution in [3.05, 3.63) is 30.7 Å². The Morgan fingerprint density at radius 1 is 1.18 bits per heavy atom. The second kappa shape index (κ2) is 4.21. The molecule has 0 saturated heterocycles. The summed E-state index contributed by atoms with van der Waals surface area (Å²) in [4.78, 5) is 7.04. The lowest BCUT2D eigenvalue weighted by atomic mass is 10.2. The highest BCUT2D eigenvalue weighted by molar-refractivity contribution is 5.85. The van der Waals surface area contributed by atoms with Gasteiger partial charge in [0.15, 0.2) is 0 Å². The van der Waals surface area contributed by atoms with E-state index in [9.17, 15) is 0 Å². The van der Waals surface area contributed by atoms with E-state index in [1.54, 1.807) is 0 Å². The molecule has 0 spiro atoms. The molecule has 2 heterocycles. The molecule has 0 fully saturated rings. The van der Waals surface area contributed by atoms with Gasteiger partial charge in [-0.15, -0.1) is 24.8 Å². The molecule has 11 heavy (non-hydrogen) atoms. The molecular weight excluding hydrogens is 183 g/mol. The molecule has 2 rings (SSSR count). The molecule has 0 aliphatic carbocycles. The van der Waals surface area contributed by atoms with Crippen molar-refractivity contribution in [2.45, 2.75) is 0 Å². The van der Waals surface area contributed by atoms with Crippen LogP contribution in [0.5, 0.6) is 0 Å². The molecule has 0 atom stereocenters. The quantitative estimate of drug-likeness (QED) is 0.680. The van der Waals surface area contributed by atoms with Gasteiger partial charge in [0, 0.05) is 18.0 Å². The minimum Gasteiger partial charge on any atom is -0.360 e. The van der Waals surface area contributed by atoms with Gasteiger partial charge in [0.05, 0.1) is 11.9 Å². The molecule has 1 N–H and O–H groups in total. The Balaban J connectivity index is 0.000000500. The fourth-order valence-corrected chi connectivity index (χ4v) is 0.879. The summed E-state index contributed by atoms with van der Waals surface area (Å²) in [5, 5.41) is 0. The average molecular weight is 191 g/mol. The maximum Gasteiger partial charge on any atom is 0.0654 e. The van der Waals surface area contributed by atoms with Crippen molar-refractivity contribution < 1.29 is 0 Å². The van der Waals surface area contributed by atoms with Gasteiger partial charge in [-0.3, -0.25) is 4.98 Å². The number of aromatic amines is 1. The lowest BCUT2D eigenvalue weighted by Crippen LogP contribution is -1.74. The maximum absolute atomic E-state index is 3.97. The molecule has 0 amide bonds. The van der Waals surface area contributed by atoms with Crippen LogP contribution in [0.2, 0.25) is 0 Å². The molecule has 0 radical (unpaired) electrons. The predicted octanol–water partition coefficient (Wildman–Crippen LogP) is 2.36. The standard InChI is InChI=1S/C7H6N2.2ClH/c1-2-6-4-8-5-7(6)9-3-1;;/h1-5,9H;2*1H. The Labute approximate surface area is 77.2 Å². The SMILES string of the molecule is Cl.Cl.c1c[nH]c2cncc-2c1. The monoisotopic (exact) mass is 190 g/mol. The van der Waals surface area contributed by atoms with E-state index < -0.39 is 0 Å². The van der Waals surface area contributed by atoms with Gasteiger partial charge in [-0.05, 0) is 12.1 Å². The fourth-order valence-electron chi connectivity index (χ4n) is 0.879. The first kappa shape index (κ1) is 10.3. The van der Waals surface area contributed by atoms with Gasteiger partial charge < -0.3 is 4.98 Å². The molecule has 0 saturated carbocycles. The average Bonchev–Trinajstić information content (AvgIpc) is 2.33. The van der Waals surface area contributed by atoms with Gasteiger partial charge in [-0.2, -0.15) is 0 Å². The van der Waals surface area contributed by atoms with Crippen molar-refractivity contribution in [3.63, 3.8) is 0 Å². The second-order valence-electron chi connectivity index (χ2n) is 1.95. The molecule has 0 bridgehead atoms. The van der Waals surface area contributed by atoms with Crippen LogP contribution in [0, 0.1) is 0 Å². The number of aromatic nitrogens is 2. The number of hydrogen-bond acceptors (Lipinski definition) is 1. The summed E-state index contributed by atoms with van der Waals surface area (Å²) in [5.41, 5.74) is 2.26. The summed E-state index contributed by atoms with van der Waals surface area (Å²) in [6.45, 7) is 0. The highest BCUT2D eigenvalue weighted by atomic mass is 35.5. The number of nitrogens with one attached hydrogen (secondary N) is 1. The molecular formula is C7H8Cl2N2. The maximum atomic E-state index is 3.97. The Bertz CT molecular complexity index is 255. The first-order valence-corrected chi connectivity index (χ1v) is 2.84. The highest BCUT2D eigenvalue weighted by Crippen LogP contribution is 2.15. The summed E-state index contributed by atoms with van der Waals surface area (Å²) in [6, 6.07) is 3.99. The minimum atomic E-state index is 0. The van der Waals surface area contributed by atoms with Crippen LogP contribution >= 0.6 is 24.8 Å². The normalized spacial score (nSPS) is 8.36. The Hall–Kier alpha value is -0.730. The lowest BCUT2D eigenvalue weighted by Gasteiger charge is -1.92. The van der Waals surface area contributed by atoms with Gasteiger partial charge in [-0.1, -0.05) is 0 Å². The van der Waals surface area contributed by atoms with E-state index in [0.29, 0.717) is 0 Å². The molecule has 0 aromatic rings. The number of H-pyrrole nitrogens is 1. The topological polar surface area (TPSA) is 28.7 Å². The molecule has 60 valence electrons. The van der Waals surface area contributed by atoms with Gasteiger partial charge in [0.1, 0.15) is 0 Å². The third-order valence-corrected chi connectivity index (χ3v) is 1.34. The lowest BCUT2D eigenvalue weighted by molar-refractivity contribution is 1.33. The predicted molar refractivity (Wildman–Crippen MR) is 49.7 cm³/mol. The van der Waals surface area contributed by atoms with Crippen LogP contribution in [0.15, 0.2) is 30.7 Å². The van der Waals surface area contributed by atoms with Crippen molar-refractivity contribution in [2.24, 2.45) is 0 Å². The number of halogens is 2. The van der Waals surface area contributed by atoms with Crippen molar-refractivity contribution in [3.8, 4) is 11.3 Å². The highest BCUT2D eigenvalue weighted by Gasteiger charge is 1.97. The van der Waals surface area contributed by atoms with Crippen LogP contribution in [-0.4, -0.2) is 9.97 Å². The van der Waals surface area contributed by atoms with E-state index in [1.165, 1.54) is 0 Å². The van der Waals surface area contributed by atoms with E-state index >= 15 is 0 Å². The van der Waals surface area contributed by atoms with E-state index in [0.717, 1.165) is 11.3 Å². The van der Waals surface area contributed by atoms with Gasteiger partial charge in [0.2, 0.25) is 0 Å². The zero-order chi connectivity index (χ0) is 6.10. The summed E-state index contributed by atoms with van der Waals surface area (Å²) in [5.74, 6) is 0. The van der Waals surface area contributed by atoms with Crippen molar-refractivity contribution >= 4 is 24.8 Å². The number of hydrogen-bond donors (Lipinski definition) is 1. The Kier molecular flexibility index (Phi) is 3.93. The van der Waals surface area contributed by atoms with Crippen LogP contribution in [0.3, 0.4) is 0 Å². The Morgan fingerprint density at radius 3 is 2.73 bits per heavy atom. The van der Waals surface area contributed by atoms with Crippen LogP contribution in [-0.2, 0) is 0 Å². The largest absolute Gasteiger partial charge is 0.360 e. The Morgan fingerprint density at radius 2 is 2.00 bits per heavy atom. The number of pyridine rings is 1. The number of fused-ring (bicyclic) bond motifs is 1. The summed E-state index contributed by atoms with van der Waals surface area (Å²) >= 11 is 0. The molecule has 4 heteroatoms. The summed E-state index contributed by atoms with van der Waals surface area (Å²) < 4.78 is 0. The second-order valence-corrected chi connectivity index (χ2v) is 1.95. The third-order valence-electron chi connectivity index (χ3n) is 1.34.